The van der Waals surface area contributed by atoms with Crippen LogP contribution in [0.5, 0.6) is 5.88 Å². The van der Waals surface area contributed by atoms with Crippen molar-refractivity contribution >= 4 is 11.7 Å². The Labute approximate surface area is 199 Å². The number of hydrogen-bond acceptors (Lipinski definition) is 7. The summed E-state index contributed by atoms with van der Waals surface area (Å²) in [5.41, 5.74) is 9.62. The first-order valence-electron chi connectivity index (χ1n) is 11.0. The molecule has 3 aromatic rings. The summed E-state index contributed by atoms with van der Waals surface area (Å²) in [5, 5.41) is 0. The first-order chi connectivity index (χ1) is 16.4. The predicted molar refractivity (Wildman–Crippen MR) is 129 cm³/mol. The van der Waals surface area contributed by atoms with Gasteiger partial charge in [0.2, 0.25) is 12.0 Å². The Morgan fingerprint density at radius 1 is 1.21 bits per heavy atom. The zero-order chi connectivity index (χ0) is 24.1. The predicted octanol–water partition coefficient (Wildman–Crippen LogP) is 5.00. The number of pyridine rings is 1. The Morgan fingerprint density at radius 3 is 2.50 bits per heavy atom. The Balaban J connectivity index is 1.78. The summed E-state index contributed by atoms with van der Waals surface area (Å²) in [5.74, 6) is -1.19. The number of carbonyl (C=O) groups excluding carboxylic acids is 1. The van der Waals surface area contributed by atoms with Gasteiger partial charge in [0.05, 0.1) is 12.3 Å². The summed E-state index contributed by atoms with van der Waals surface area (Å²) in [6, 6.07) is 20.6. The molecule has 0 saturated carbocycles. The number of nitrogens with two attached hydrogens (primary N) is 1. The van der Waals surface area contributed by atoms with Gasteiger partial charge in [0.25, 0.3) is 0 Å². The van der Waals surface area contributed by atoms with Crippen LogP contribution in [0.2, 0.25) is 0 Å². The first kappa shape index (κ1) is 23.5. The van der Waals surface area contributed by atoms with Gasteiger partial charge in [0.15, 0.2) is 5.79 Å². The van der Waals surface area contributed by atoms with Crippen molar-refractivity contribution in [3.8, 4) is 17.1 Å². The molecule has 0 radical (unpaired) electrons. The van der Waals surface area contributed by atoms with Crippen LogP contribution >= 0.6 is 0 Å². The Kier molecular flexibility index (Phi) is 6.95. The lowest BCUT2D eigenvalue weighted by Crippen LogP contribution is -2.23. The number of nitrogens with zero attached hydrogens (tertiary/aromatic N) is 1. The summed E-state index contributed by atoms with van der Waals surface area (Å²) in [4.78, 5) is 17.6. The van der Waals surface area contributed by atoms with E-state index in [4.69, 9.17) is 24.7 Å². The zero-order valence-electron chi connectivity index (χ0n) is 19.3. The molecule has 2 N–H and O–H groups in total. The quantitative estimate of drug-likeness (QED) is 0.373. The minimum atomic E-state index is -1.06. The van der Waals surface area contributed by atoms with Crippen LogP contribution in [0, 0.1) is 0 Å². The molecule has 1 saturated heterocycles. The molecular weight excluding hydrogens is 432 g/mol. The maximum atomic E-state index is 12.9. The summed E-state index contributed by atoms with van der Waals surface area (Å²) in [6.45, 7) is 7.69. The van der Waals surface area contributed by atoms with Crippen LogP contribution in [0.25, 0.3) is 11.3 Å². The number of esters is 1. The lowest BCUT2D eigenvalue weighted by atomic mass is 10.0. The van der Waals surface area contributed by atoms with Crippen molar-refractivity contribution in [1.82, 2.24) is 4.98 Å². The first-order valence-corrected chi connectivity index (χ1v) is 11.0. The second-order valence-electron chi connectivity index (χ2n) is 8.33. The number of benzene rings is 2. The van der Waals surface area contributed by atoms with Crippen LogP contribution in [0.1, 0.15) is 37.2 Å². The van der Waals surface area contributed by atoms with Gasteiger partial charge in [-0.25, -0.2) is 9.78 Å². The molecule has 7 heteroatoms. The third-order valence-electron chi connectivity index (χ3n) is 5.37. The fraction of sp³-hybridized carbons (Fsp3) is 0.259. The molecule has 2 aromatic carbocycles. The number of aromatic nitrogens is 1. The van der Waals surface area contributed by atoms with Gasteiger partial charge >= 0.3 is 5.97 Å². The molecule has 0 amide bonds. The highest BCUT2D eigenvalue weighted by atomic mass is 16.7. The van der Waals surface area contributed by atoms with E-state index in [-0.39, 0.29) is 18.2 Å². The Bertz CT molecular complexity index is 1150. The average Bonchev–Trinajstić information content (AvgIpc) is 3.22. The average molecular weight is 461 g/mol. The maximum Gasteiger partial charge on any atom is 0.352 e. The molecule has 176 valence electrons. The number of ether oxygens (including phenoxy) is 4. The largest absolute Gasteiger partial charge is 0.458 e. The molecule has 2 unspecified atom stereocenters. The van der Waals surface area contributed by atoms with E-state index in [2.05, 4.69) is 11.6 Å². The SMILES string of the molecule is C=CCOC(=O)C(Oc1nc(-c2ccccc2)cc(C2COC(C)(C)O2)c1N)c1ccccc1. The van der Waals surface area contributed by atoms with Gasteiger partial charge in [0.1, 0.15) is 18.4 Å². The van der Waals surface area contributed by atoms with Crippen LogP contribution in [-0.2, 0) is 19.0 Å². The Morgan fingerprint density at radius 2 is 1.88 bits per heavy atom. The summed E-state index contributed by atoms with van der Waals surface area (Å²) < 4.78 is 23.3. The van der Waals surface area contributed by atoms with Crippen molar-refractivity contribution in [2.45, 2.75) is 31.8 Å². The van der Waals surface area contributed by atoms with Gasteiger partial charge in [-0.1, -0.05) is 73.3 Å². The number of carbonyl (C=O) groups is 1. The molecule has 0 bridgehead atoms. The van der Waals surface area contributed by atoms with E-state index < -0.39 is 24.0 Å². The molecule has 1 fully saturated rings. The number of anilines is 1. The topological polar surface area (TPSA) is 92.9 Å². The second-order valence-corrected chi connectivity index (χ2v) is 8.33. The molecule has 0 spiro atoms. The molecule has 0 aliphatic carbocycles. The lowest BCUT2D eigenvalue weighted by Gasteiger charge is -2.22. The van der Waals surface area contributed by atoms with Crippen molar-refractivity contribution in [1.29, 1.82) is 0 Å². The molecule has 2 heterocycles. The van der Waals surface area contributed by atoms with Crippen LogP contribution in [0.4, 0.5) is 5.69 Å². The fourth-order valence-electron chi connectivity index (χ4n) is 3.71. The Hall–Kier alpha value is -3.68. The van der Waals surface area contributed by atoms with Crippen LogP contribution in [0.15, 0.2) is 79.4 Å². The highest BCUT2D eigenvalue weighted by Gasteiger charge is 2.36. The monoisotopic (exact) mass is 460 g/mol. The van der Waals surface area contributed by atoms with Gasteiger partial charge in [-0.3, -0.25) is 0 Å². The van der Waals surface area contributed by atoms with E-state index in [1.807, 2.05) is 68.4 Å². The van der Waals surface area contributed by atoms with Gasteiger partial charge in [-0.2, -0.15) is 0 Å². The van der Waals surface area contributed by atoms with E-state index in [1.165, 1.54) is 6.08 Å². The van der Waals surface area contributed by atoms with Gasteiger partial charge in [0, 0.05) is 16.7 Å². The van der Waals surface area contributed by atoms with E-state index in [9.17, 15) is 4.79 Å². The normalized spacial score (nSPS) is 17.6. The molecule has 4 rings (SSSR count). The van der Waals surface area contributed by atoms with Crippen LogP contribution in [0.3, 0.4) is 0 Å². The van der Waals surface area contributed by atoms with E-state index >= 15 is 0 Å². The minimum absolute atomic E-state index is 0.0616. The summed E-state index contributed by atoms with van der Waals surface area (Å²) >= 11 is 0. The molecule has 1 aromatic heterocycles. The highest BCUT2D eigenvalue weighted by molar-refractivity contribution is 5.77. The molecular formula is C27H28N2O5. The third-order valence-corrected chi connectivity index (χ3v) is 5.37. The lowest BCUT2D eigenvalue weighted by molar-refractivity contribution is -0.151. The van der Waals surface area contributed by atoms with Crippen LogP contribution < -0.4 is 10.5 Å². The van der Waals surface area contributed by atoms with Gasteiger partial charge < -0.3 is 24.7 Å². The van der Waals surface area contributed by atoms with E-state index in [0.29, 0.717) is 23.4 Å². The fourth-order valence-corrected chi connectivity index (χ4v) is 3.71. The smallest absolute Gasteiger partial charge is 0.352 e. The summed E-state index contributed by atoms with van der Waals surface area (Å²) in [7, 11) is 0. The van der Waals surface area contributed by atoms with Crippen molar-refractivity contribution in [2.75, 3.05) is 18.9 Å². The molecule has 34 heavy (non-hydrogen) atoms. The van der Waals surface area contributed by atoms with Gasteiger partial charge in [-0.15, -0.1) is 0 Å². The third kappa shape index (κ3) is 5.27. The van der Waals surface area contributed by atoms with Crippen molar-refractivity contribution in [3.05, 3.63) is 90.5 Å². The molecule has 1 aliphatic heterocycles. The maximum absolute atomic E-state index is 12.9. The van der Waals surface area contributed by atoms with Crippen molar-refractivity contribution in [2.24, 2.45) is 0 Å². The van der Waals surface area contributed by atoms with Gasteiger partial charge in [-0.05, 0) is 19.9 Å². The summed E-state index contributed by atoms with van der Waals surface area (Å²) in [6.07, 6.45) is 0.0255. The minimum Gasteiger partial charge on any atom is -0.458 e. The molecule has 2 atom stereocenters. The number of nitrogen functional groups attached to an aromatic ring is 1. The number of rotatable bonds is 8. The van der Waals surface area contributed by atoms with Crippen LogP contribution in [-0.4, -0.2) is 30.0 Å². The zero-order valence-corrected chi connectivity index (χ0v) is 19.3. The second kappa shape index (κ2) is 10.1. The standard InChI is InChI=1S/C27H28N2O5/c1-4-15-31-26(30)24(19-13-9-6-10-14-19)33-25-23(28)20(22-17-32-27(2,3)34-22)16-21(29-25)18-11-7-5-8-12-18/h4-14,16,22,24H,1,15,17,28H2,2-3H3. The number of hydrogen-bond donors (Lipinski definition) is 1. The van der Waals surface area contributed by atoms with Crippen molar-refractivity contribution < 1.29 is 23.7 Å². The van der Waals surface area contributed by atoms with E-state index in [0.717, 1.165) is 5.56 Å². The molecule has 7 nitrogen and oxygen atoms in total. The van der Waals surface area contributed by atoms with Crippen molar-refractivity contribution in [3.63, 3.8) is 0 Å². The molecule has 1 aliphatic rings. The van der Waals surface area contributed by atoms with E-state index in [1.54, 1.807) is 12.1 Å². The highest BCUT2D eigenvalue weighted by Crippen LogP contribution is 2.41.